The number of anilines is 1. The zero-order valence-electron chi connectivity index (χ0n) is 9.86. The van der Waals surface area contributed by atoms with Crippen LogP contribution in [0.3, 0.4) is 0 Å². The molecule has 1 aromatic rings. The van der Waals surface area contributed by atoms with Crippen LogP contribution in [-0.2, 0) is 0 Å². The molecule has 1 atom stereocenters. The van der Waals surface area contributed by atoms with Crippen molar-refractivity contribution < 1.29 is 0 Å². The van der Waals surface area contributed by atoms with Crippen LogP contribution in [0.25, 0.3) is 0 Å². The summed E-state index contributed by atoms with van der Waals surface area (Å²) < 4.78 is 0. The monoisotopic (exact) mass is 227 g/mol. The van der Waals surface area contributed by atoms with Gasteiger partial charge in [-0.25, -0.2) is 4.98 Å². The minimum atomic E-state index is 0.0416. The molecule has 0 aliphatic carbocycles. The van der Waals surface area contributed by atoms with E-state index in [0.717, 1.165) is 23.9 Å². The quantitative estimate of drug-likeness (QED) is 0.812. The number of rotatable bonds is 6. The normalized spacial score (nSPS) is 12.8. The predicted molar refractivity (Wildman–Crippen MR) is 67.5 cm³/mol. The molecular formula is C11H21N3S. The van der Waals surface area contributed by atoms with Crippen molar-refractivity contribution in [1.29, 1.82) is 0 Å². The molecule has 4 heteroatoms. The van der Waals surface area contributed by atoms with Crippen LogP contribution in [0.4, 0.5) is 5.13 Å². The smallest absolute Gasteiger partial charge is 0.185 e. The lowest BCUT2D eigenvalue weighted by Gasteiger charge is -2.19. The van der Waals surface area contributed by atoms with Crippen LogP contribution in [0.15, 0.2) is 5.38 Å². The molecule has 0 fully saturated rings. The highest BCUT2D eigenvalue weighted by Crippen LogP contribution is 2.23. The molecule has 0 radical (unpaired) electrons. The fourth-order valence-corrected chi connectivity index (χ4v) is 2.39. The van der Waals surface area contributed by atoms with Crippen LogP contribution in [0.5, 0.6) is 0 Å². The Balaban J connectivity index is 2.65. The summed E-state index contributed by atoms with van der Waals surface area (Å²) in [6.45, 7) is 8.47. The fraction of sp³-hybridized carbons (Fsp3) is 0.727. The Kier molecular flexibility index (Phi) is 5.05. The molecule has 3 nitrogen and oxygen atoms in total. The van der Waals surface area contributed by atoms with Gasteiger partial charge in [-0.1, -0.05) is 13.3 Å². The highest BCUT2D eigenvalue weighted by Gasteiger charge is 2.10. The maximum absolute atomic E-state index is 5.79. The summed E-state index contributed by atoms with van der Waals surface area (Å²) in [6, 6.07) is 0.0416. The summed E-state index contributed by atoms with van der Waals surface area (Å²) in [6.07, 6.45) is 2.45. The average Bonchev–Trinajstić information content (AvgIpc) is 2.68. The second-order valence-corrected chi connectivity index (χ2v) is 4.61. The Morgan fingerprint density at radius 2 is 2.27 bits per heavy atom. The van der Waals surface area contributed by atoms with Gasteiger partial charge in [0.1, 0.15) is 0 Å². The van der Waals surface area contributed by atoms with Gasteiger partial charge >= 0.3 is 0 Å². The van der Waals surface area contributed by atoms with Crippen LogP contribution < -0.4 is 10.6 Å². The molecule has 0 spiro atoms. The Morgan fingerprint density at radius 1 is 1.53 bits per heavy atom. The first-order chi connectivity index (χ1) is 7.19. The molecule has 86 valence electrons. The molecule has 1 aromatic heterocycles. The van der Waals surface area contributed by atoms with Crippen molar-refractivity contribution in [3.05, 3.63) is 11.1 Å². The standard InChI is InChI=1S/C11H21N3S/c1-4-6-7-14(5-2)11-13-10(8-15-11)9(3)12/h8-9H,4-7,12H2,1-3H3. The molecule has 0 saturated carbocycles. The second kappa shape index (κ2) is 6.08. The molecule has 0 saturated heterocycles. The zero-order chi connectivity index (χ0) is 11.3. The molecule has 0 bridgehead atoms. The van der Waals surface area contributed by atoms with Crippen molar-refractivity contribution in [1.82, 2.24) is 4.98 Å². The van der Waals surface area contributed by atoms with Crippen molar-refractivity contribution in [2.24, 2.45) is 5.73 Å². The van der Waals surface area contributed by atoms with Gasteiger partial charge in [0.25, 0.3) is 0 Å². The molecule has 15 heavy (non-hydrogen) atoms. The summed E-state index contributed by atoms with van der Waals surface area (Å²) in [5, 5.41) is 3.17. The van der Waals surface area contributed by atoms with Crippen LogP contribution in [0.2, 0.25) is 0 Å². The molecule has 2 N–H and O–H groups in total. The van der Waals surface area contributed by atoms with Crippen LogP contribution >= 0.6 is 11.3 Å². The molecule has 0 aliphatic rings. The topological polar surface area (TPSA) is 42.2 Å². The van der Waals surface area contributed by atoms with E-state index in [4.69, 9.17) is 5.73 Å². The number of nitrogens with zero attached hydrogens (tertiary/aromatic N) is 2. The third kappa shape index (κ3) is 3.47. The lowest BCUT2D eigenvalue weighted by atomic mass is 10.3. The van der Waals surface area contributed by atoms with E-state index in [1.165, 1.54) is 12.8 Å². The van der Waals surface area contributed by atoms with E-state index in [2.05, 4.69) is 29.1 Å². The molecule has 0 amide bonds. The third-order valence-corrected chi connectivity index (χ3v) is 3.33. The maximum atomic E-state index is 5.79. The molecule has 1 unspecified atom stereocenters. The van der Waals surface area contributed by atoms with Crippen molar-refractivity contribution >= 4 is 16.5 Å². The van der Waals surface area contributed by atoms with Crippen LogP contribution in [0.1, 0.15) is 45.3 Å². The van der Waals surface area contributed by atoms with Crippen LogP contribution in [-0.4, -0.2) is 18.1 Å². The van der Waals surface area contributed by atoms with Gasteiger partial charge in [0.05, 0.1) is 5.69 Å². The van der Waals surface area contributed by atoms with Crippen molar-refractivity contribution in [3.63, 3.8) is 0 Å². The number of aromatic nitrogens is 1. The summed E-state index contributed by atoms with van der Waals surface area (Å²) in [7, 11) is 0. The van der Waals surface area contributed by atoms with Crippen molar-refractivity contribution in [2.75, 3.05) is 18.0 Å². The van der Waals surface area contributed by atoms with Gasteiger partial charge < -0.3 is 10.6 Å². The van der Waals surface area contributed by atoms with Gasteiger partial charge in [0.2, 0.25) is 0 Å². The lowest BCUT2D eigenvalue weighted by Crippen LogP contribution is -2.23. The summed E-state index contributed by atoms with van der Waals surface area (Å²) in [5.74, 6) is 0. The highest BCUT2D eigenvalue weighted by atomic mass is 32.1. The number of unbranched alkanes of at least 4 members (excludes halogenated alkanes) is 1. The summed E-state index contributed by atoms with van der Waals surface area (Å²) >= 11 is 1.70. The van der Waals surface area contributed by atoms with Gasteiger partial charge in [-0.3, -0.25) is 0 Å². The molecule has 1 rings (SSSR count). The van der Waals surface area contributed by atoms with E-state index in [-0.39, 0.29) is 6.04 Å². The fourth-order valence-electron chi connectivity index (χ4n) is 1.37. The Morgan fingerprint density at radius 3 is 2.73 bits per heavy atom. The second-order valence-electron chi connectivity index (χ2n) is 3.78. The predicted octanol–water partition coefficient (Wildman–Crippen LogP) is 2.79. The van der Waals surface area contributed by atoms with Crippen molar-refractivity contribution in [3.8, 4) is 0 Å². The van der Waals surface area contributed by atoms with E-state index in [9.17, 15) is 0 Å². The Hall–Kier alpha value is -0.610. The molecule has 0 aromatic carbocycles. The molecule has 0 aliphatic heterocycles. The molecular weight excluding hydrogens is 206 g/mol. The number of thiazole rings is 1. The zero-order valence-corrected chi connectivity index (χ0v) is 10.7. The van der Waals surface area contributed by atoms with Gasteiger partial charge in [0, 0.05) is 24.5 Å². The summed E-state index contributed by atoms with van der Waals surface area (Å²) in [5.41, 5.74) is 6.80. The Bertz CT molecular complexity index is 283. The average molecular weight is 227 g/mol. The molecule has 1 heterocycles. The van der Waals surface area contributed by atoms with E-state index in [1.54, 1.807) is 11.3 Å². The number of hydrogen-bond acceptors (Lipinski definition) is 4. The lowest BCUT2D eigenvalue weighted by molar-refractivity contribution is 0.723. The van der Waals surface area contributed by atoms with E-state index in [1.807, 2.05) is 6.92 Å². The van der Waals surface area contributed by atoms with Gasteiger partial charge in [-0.2, -0.15) is 0 Å². The maximum Gasteiger partial charge on any atom is 0.185 e. The third-order valence-electron chi connectivity index (χ3n) is 2.41. The minimum Gasteiger partial charge on any atom is -0.348 e. The first-order valence-electron chi connectivity index (χ1n) is 5.65. The Labute approximate surface area is 96.3 Å². The largest absolute Gasteiger partial charge is 0.348 e. The highest BCUT2D eigenvalue weighted by molar-refractivity contribution is 7.13. The van der Waals surface area contributed by atoms with E-state index >= 15 is 0 Å². The minimum absolute atomic E-state index is 0.0416. The van der Waals surface area contributed by atoms with Gasteiger partial charge in [-0.05, 0) is 20.3 Å². The number of nitrogens with two attached hydrogens (primary N) is 1. The number of hydrogen-bond donors (Lipinski definition) is 1. The SMILES string of the molecule is CCCCN(CC)c1nc(C(C)N)cs1. The van der Waals surface area contributed by atoms with Gasteiger partial charge in [-0.15, -0.1) is 11.3 Å². The van der Waals surface area contributed by atoms with E-state index < -0.39 is 0 Å². The van der Waals surface area contributed by atoms with Crippen molar-refractivity contribution in [2.45, 2.75) is 39.7 Å². The first-order valence-corrected chi connectivity index (χ1v) is 6.53. The van der Waals surface area contributed by atoms with Crippen LogP contribution in [0, 0.1) is 0 Å². The summed E-state index contributed by atoms with van der Waals surface area (Å²) in [4.78, 5) is 6.87. The van der Waals surface area contributed by atoms with Gasteiger partial charge in [0.15, 0.2) is 5.13 Å². The van der Waals surface area contributed by atoms with E-state index in [0.29, 0.717) is 0 Å². The first kappa shape index (κ1) is 12.5.